The lowest BCUT2D eigenvalue weighted by Gasteiger charge is -2.35. The highest BCUT2D eigenvalue weighted by Gasteiger charge is 2.19. The van der Waals surface area contributed by atoms with Gasteiger partial charge in [-0.2, -0.15) is 0 Å². The highest BCUT2D eigenvalue weighted by molar-refractivity contribution is 5.91. The van der Waals surface area contributed by atoms with Crippen LogP contribution in [0.3, 0.4) is 0 Å². The third-order valence-electron chi connectivity index (χ3n) is 3.74. The lowest BCUT2D eigenvalue weighted by molar-refractivity contribution is -0.923. The number of carbonyl (C=O) groups excluding carboxylic acids is 1. The summed E-state index contributed by atoms with van der Waals surface area (Å²) in [5.74, 6) is -0.0211. The summed E-state index contributed by atoms with van der Waals surface area (Å²) in [5.41, 5.74) is 0.589. The van der Waals surface area contributed by atoms with Gasteiger partial charge in [0.2, 0.25) is 5.91 Å². The number of rotatable bonds is 9. The quantitative estimate of drug-likeness (QED) is 0.341. The summed E-state index contributed by atoms with van der Waals surface area (Å²) in [6, 6.07) is 0. The Morgan fingerprint density at radius 3 is 2.00 bits per heavy atom. The second kappa shape index (κ2) is 10.6. The number of nitrogens with one attached hydrogen (secondary N) is 1. The minimum Gasteiger partial charge on any atom is -1.00 e. The monoisotopic (exact) mass is 320 g/mol. The first kappa shape index (κ1) is 20.0. The van der Waals surface area contributed by atoms with Gasteiger partial charge in [0, 0.05) is 12.1 Å². The van der Waals surface area contributed by atoms with Crippen LogP contribution in [-0.2, 0) is 4.79 Å². The molecule has 3 nitrogen and oxygen atoms in total. The van der Waals surface area contributed by atoms with Gasteiger partial charge in [-0.05, 0) is 40.5 Å². The molecule has 0 spiro atoms. The largest absolute Gasteiger partial charge is 1.00 e. The van der Waals surface area contributed by atoms with E-state index in [1.54, 1.807) is 6.92 Å². The molecule has 0 unspecified atom stereocenters. The van der Waals surface area contributed by atoms with Crippen molar-refractivity contribution in [3.63, 3.8) is 0 Å². The molecule has 0 aromatic heterocycles. The van der Waals surface area contributed by atoms with Crippen molar-refractivity contribution in [3.8, 4) is 0 Å². The second-order valence-electron chi connectivity index (χ2n) is 4.76. The van der Waals surface area contributed by atoms with Crippen molar-refractivity contribution in [2.75, 3.05) is 32.7 Å². The third kappa shape index (κ3) is 7.17. The van der Waals surface area contributed by atoms with Crippen LogP contribution in [-0.4, -0.2) is 43.1 Å². The van der Waals surface area contributed by atoms with Crippen LogP contribution < -0.4 is 22.3 Å². The molecule has 1 N–H and O–H groups in total. The van der Waals surface area contributed by atoms with Crippen molar-refractivity contribution >= 4 is 5.91 Å². The van der Waals surface area contributed by atoms with Gasteiger partial charge < -0.3 is 26.8 Å². The SMILES string of the molecule is C=C(C)C(=O)NCCCC[N+](CC)(CC)CC.[Br-]. The van der Waals surface area contributed by atoms with Crippen molar-refractivity contribution in [2.24, 2.45) is 0 Å². The topological polar surface area (TPSA) is 29.1 Å². The summed E-state index contributed by atoms with van der Waals surface area (Å²) in [6.07, 6.45) is 2.23. The van der Waals surface area contributed by atoms with Gasteiger partial charge in [-0.25, -0.2) is 0 Å². The molecule has 0 aliphatic rings. The summed E-state index contributed by atoms with van der Waals surface area (Å²) in [7, 11) is 0. The lowest BCUT2D eigenvalue weighted by Crippen LogP contribution is -3.00. The van der Waals surface area contributed by atoms with Gasteiger partial charge in [0.1, 0.15) is 0 Å². The summed E-state index contributed by atoms with van der Waals surface area (Å²) < 4.78 is 1.19. The first-order valence-corrected chi connectivity index (χ1v) is 6.80. The van der Waals surface area contributed by atoms with Gasteiger partial charge in [0.05, 0.1) is 26.2 Å². The summed E-state index contributed by atoms with van der Waals surface area (Å²) in [6.45, 7) is 17.7. The molecule has 0 radical (unpaired) electrons. The van der Waals surface area contributed by atoms with Gasteiger partial charge in [-0.1, -0.05) is 6.58 Å². The van der Waals surface area contributed by atoms with Crippen molar-refractivity contribution in [1.29, 1.82) is 0 Å². The van der Waals surface area contributed by atoms with Crippen molar-refractivity contribution in [3.05, 3.63) is 12.2 Å². The molecule has 0 aliphatic carbocycles. The summed E-state index contributed by atoms with van der Waals surface area (Å²) in [4.78, 5) is 11.3. The van der Waals surface area contributed by atoms with E-state index in [2.05, 4.69) is 32.7 Å². The fourth-order valence-corrected chi connectivity index (χ4v) is 2.07. The average Bonchev–Trinajstić information content (AvgIpc) is 2.34. The molecule has 0 rings (SSSR count). The molecular formula is C14H29BrN2O. The van der Waals surface area contributed by atoms with E-state index in [4.69, 9.17) is 0 Å². The number of hydrogen-bond acceptors (Lipinski definition) is 1. The van der Waals surface area contributed by atoms with Gasteiger partial charge in [0.15, 0.2) is 0 Å². The molecule has 0 aliphatic heterocycles. The highest BCUT2D eigenvalue weighted by atomic mass is 79.9. The Hall–Kier alpha value is -0.350. The van der Waals surface area contributed by atoms with E-state index >= 15 is 0 Å². The minimum absolute atomic E-state index is 0. The van der Waals surface area contributed by atoms with Gasteiger partial charge in [-0.3, -0.25) is 4.79 Å². The van der Waals surface area contributed by atoms with E-state index in [9.17, 15) is 4.79 Å². The summed E-state index contributed by atoms with van der Waals surface area (Å²) >= 11 is 0. The summed E-state index contributed by atoms with van der Waals surface area (Å²) in [5, 5.41) is 2.88. The molecule has 0 atom stereocenters. The van der Waals surface area contributed by atoms with E-state index in [1.807, 2.05) is 0 Å². The third-order valence-corrected chi connectivity index (χ3v) is 3.74. The molecule has 0 saturated carbocycles. The zero-order valence-corrected chi connectivity index (χ0v) is 14.0. The Labute approximate surface area is 123 Å². The Balaban J connectivity index is 0. The molecule has 0 heterocycles. The maximum Gasteiger partial charge on any atom is 0.246 e. The molecular weight excluding hydrogens is 292 g/mol. The molecule has 0 bridgehead atoms. The predicted molar refractivity (Wildman–Crippen MR) is 73.8 cm³/mol. The Morgan fingerprint density at radius 1 is 1.11 bits per heavy atom. The molecule has 0 aromatic rings. The fraction of sp³-hybridized carbons (Fsp3) is 0.786. The molecule has 4 heteroatoms. The second-order valence-corrected chi connectivity index (χ2v) is 4.76. The predicted octanol–water partition coefficient (Wildman–Crippen LogP) is -0.661. The number of quaternary nitrogens is 1. The average molecular weight is 321 g/mol. The minimum atomic E-state index is -0.0211. The first-order valence-electron chi connectivity index (χ1n) is 6.80. The first-order chi connectivity index (χ1) is 8.01. The van der Waals surface area contributed by atoms with Crippen molar-refractivity contribution in [1.82, 2.24) is 5.32 Å². The molecule has 18 heavy (non-hydrogen) atoms. The fourth-order valence-electron chi connectivity index (χ4n) is 2.07. The van der Waals surface area contributed by atoms with E-state index in [-0.39, 0.29) is 22.9 Å². The van der Waals surface area contributed by atoms with Gasteiger partial charge >= 0.3 is 0 Å². The number of carbonyl (C=O) groups is 1. The number of halogens is 1. The van der Waals surface area contributed by atoms with E-state index in [1.165, 1.54) is 37.1 Å². The van der Waals surface area contributed by atoms with Crippen LogP contribution in [0.4, 0.5) is 0 Å². The van der Waals surface area contributed by atoms with Crippen molar-refractivity contribution in [2.45, 2.75) is 40.5 Å². The van der Waals surface area contributed by atoms with Crippen molar-refractivity contribution < 1.29 is 26.3 Å². The zero-order chi connectivity index (χ0) is 13.3. The Bertz CT molecular complexity index is 242. The Kier molecular flexibility index (Phi) is 11.7. The van der Waals surface area contributed by atoms with Crippen LogP contribution >= 0.6 is 0 Å². The van der Waals surface area contributed by atoms with E-state index in [0.29, 0.717) is 5.57 Å². The number of unbranched alkanes of at least 4 members (excludes halogenated alkanes) is 1. The molecule has 0 fully saturated rings. The number of nitrogens with zero attached hydrogens (tertiary/aromatic N) is 1. The van der Waals surface area contributed by atoms with Crippen LogP contribution in [0.1, 0.15) is 40.5 Å². The number of hydrogen-bond donors (Lipinski definition) is 1. The normalized spacial score (nSPS) is 10.7. The molecule has 0 aromatic carbocycles. The van der Waals surface area contributed by atoms with Crippen LogP contribution in [0, 0.1) is 0 Å². The maximum absolute atomic E-state index is 11.3. The standard InChI is InChI=1S/C14H28N2O.BrH/c1-6-16(7-2,8-3)12-10-9-11-15-14(17)13(4)5;/h4,6-12H2,1-3,5H3;1H. The Morgan fingerprint density at radius 2 is 1.61 bits per heavy atom. The smallest absolute Gasteiger partial charge is 0.246 e. The highest BCUT2D eigenvalue weighted by Crippen LogP contribution is 2.08. The van der Waals surface area contributed by atoms with Crippen LogP contribution in [0.15, 0.2) is 12.2 Å². The van der Waals surface area contributed by atoms with E-state index < -0.39 is 0 Å². The number of amides is 1. The van der Waals surface area contributed by atoms with Gasteiger partial charge in [-0.15, -0.1) is 0 Å². The van der Waals surface area contributed by atoms with Crippen LogP contribution in [0.25, 0.3) is 0 Å². The van der Waals surface area contributed by atoms with Crippen LogP contribution in [0.2, 0.25) is 0 Å². The van der Waals surface area contributed by atoms with Crippen LogP contribution in [0.5, 0.6) is 0 Å². The van der Waals surface area contributed by atoms with Gasteiger partial charge in [0.25, 0.3) is 0 Å². The molecule has 1 amide bonds. The van der Waals surface area contributed by atoms with E-state index in [0.717, 1.165) is 13.0 Å². The zero-order valence-electron chi connectivity index (χ0n) is 12.4. The molecule has 108 valence electrons. The molecule has 0 saturated heterocycles. The lowest BCUT2D eigenvalue weighted by atomic mass is 10.2. The maximum atomic E-state index is 11.3.